The molecule has 2 heterocycles. The largest absolute Gasteiger partial charge is 0.466 e. The third kappa shape index (κ3) is 3.32. The molecule has 3 unspecified atom stereocenters. The first-order chi connectivity index (χ1) is 10.1. The van der Waals surface area contributed by atoms with Gasteiger partial charge in [0.15, 0.2) is 0 Å². The fourth-order valence-electron chi connectivity index (χ4n) is 2.49. The molecule has 3 rings (SSSR count). The van der Waals surface area contributed by atoms with Crippen LogP contribution in [0.2, 0.25) is 0 Å². The molecular weight excluding hydrogens is 268 g/mol. The van der Waals surface area contributed by atoms with E-state index in [0.29, 0.717) is 24.6 Å². The fourth-order valence-corrected chi connectivity index (χ4v) is 2.49. The highest BCUT2D eigenvalue weighted by Gasteiger charge is 2.36. The Morgan fingerprint density at radius 2 is 2.38 bits per heavy atom. The number of hydrogen-bond donors (Lipinski definition) is 2. The minimum atomic E-state index is -0.167. The molecule has 3 atom stereocenters. The molecule has 2 aromatic rings. The second-order valence-electron chi connectivity index (χ2n) is 5.78. The molecule has 1 saturated carbocycles. The molecule has 2 N–H and O–H groups in total. The van der Waals surface area contributed by atoms with Crippen molar-refractivity contribution in [2.75, 3.05) is 0 Å². The summed E-state index contributed by atoms with van der Waals surface area (Å²) in [5.41, 5.74) is 0. The highest BCUT2D eigenvalue weighted by Crippen LogP contribution is 2.47. The molecule has 0 radical (unpaired) electrons. The maximum Gasteiger partial charge on any atom is 0.221 e. The second kappa shape index (κ2) is 5.71. The van der Waals surface area contributed by atoms with Crippen molar-refractivity contribution in [3.8, 4) is 0 Å². The first kappa shape index (κ1) is 13.9. The van der Waals surface area contributed by atoms with Gasteiger partial charge in [0, 0.05) is 18.8 Å². The maximum atomic E-state index is 11.9. The number of carbonyl (C=O) groups excluding carboxylic acids is 1. The number of amides is 1. The summed E-state index contributed by atoms with van der Waals surface area (Å²) in [7, 11) is 0. The minimum absolute atomic E-state index is 0.0170. The van der Waals surface area contributed by atoms with Crippen LogP contribution in [-0.4, -0.2) is 21.1 Å². The minimum Gasteiger partial charge on any atom is -0.466 e. The van der Waals surface area contributed by atoms with E-state index >= 15 is 0 Å². The zero-order valence-electron chi connectivity index (χ0n) is 12.3. The highest BCUT2D eigenvalue weighted by molar-refractivity contribution is 5.76. The van der Waals surface area contributed by atoms with Crippen molar-refractivity contribution in [3.05, 3.63) is 35.8 Å². The lowest BCUT2D eigenvalue weighted by Crippen LogP contribution is -2.27. The fraction of sp³-hybridized carbons (Fsp3) is 0.533. The summed E-state index contributed by atoms with van der Waals surface area (Å²) in [6.07, 6.45) is 3.67. The van der Waals surface area contributed by atoms with Gasteiger partial charge in [-0.3, -0.25) is 9.89 Å². The Morgan fingerprint density at radius 1 is 1.57 bits per heavy atom. The van der Waals surface area contributed by atoms with Gasteiger partial charge in [-0.2, -0.15) is 5.10 Å². The van der Waals surface area contributed by atoms with E-state index in [-0.39, 0.29) is 11.9 Å². The van der Waals surface area contributed by atoms with E-state index in [1.807, 2.05) is 19.1 Å². The number of nitrogens with one attached hydrogen (secondary N) is 2. The lowest BCUT2D eigenvalue weighted by molar-refractivity contribution is -0.121. The van der Waals surface area contributed by atoms with Gasteiger partial charge in [0.25, 0.3) is 0 Å². The Labute approximate surface area is 123 Å². The summed E-state index contributed by atoms with van der Waals surface area (Å²) in [5, 5.41) is 9.41. The molecule has 0 saturated heterocycles. The Bertz CT molecular complexity index is 605. The maximum absolute atomic E-state index is 11.9. The predicted molar refractivity (Wildman–Crippen MR) is 76.5 cm³/mol. The number of rotatable bonds is 6. The zero-order chi connectivity index (χ0) is 14.8. The average Bonchev–Trinajstić information content (AvgIpc) is 2.93. The molecule has 6 nitrogen and oxygen atoms in total. The number of nitrogens with zero attached hydrogens (tertiary/aromatic N) is 2. The van der Waals surface area contributed by atoms with Crippen LogP contribution in [0.1, 0.15) is 56.0 Å². The van der Waals surface area contributed by atoms with Crippen molar-refractivity contribution < 1.29 is 9.21 Å². The van der Waals surface area contributed by atoms with Crippen molar-refractivity contribution in [1.82, 2.24) is 20.5 Å². The molecule has 0 bridgehead atoms. The van der Waals surface area contributed by atoms with Gasteiger partial charge >= 0.3 is 0 Å². The summed E-state index contributed by atoms with van der Waals surface area (Å²) in [5.74, 6) is 3.90. The van der Waals surface area contributed by atoms with Gasteiger partial charge < -0.3 is 9.73 Å². The summed E-state index contributed by atoms with van der Waals surface area (Å²) < 4.78 is 5.80. The number of aryl methyl sites for hydroxylation is 1. The van der Waals surface area contributed by atoms with E-state index in [2.05, 4.69) is 27.4 Å². The lowest BCUT2D eigenvalue weighted by atomic mass is 10.2. The van der Waals surface area contributed by atoms with Crippen molar-refractivity contribution in [2.24, 2.45) is 5.92 Å². The topological polar surface area (TPSA) is 83.8 Å². The molecule has 0 spiro atoms. The quantitative estimate of drug-likeness (QED) is 0.854. The average molecular weight is 288 g/mol. The third-order valence-corrected chi connectivity index (χ3v) is 3.98. The van der Waals surface area contributed by atoms with E-state index < -0.39 is 0 Å². The smallest absolute Gasteiger partial charge is 0.221 e. The molecular formula is C15H20N4O2. The molecule has 0 aliphatic heterocycles. The van der Waals surface area contributed by atoms with Crippen molar-refractivity contribution >= 4 is 5.91 Å². The molecule has 1 fully saturated rings. The van der Waals surface area contributed by atoms with Crippen molar-refractivity contribution in [1.29, 1.82) is 0 Å². The second-order valence-corrected chi connectivity index (χ2v) is 5.78. The van der Waals surface area contributed by atoms with E-state index in [0.717, 1.165) is 17.4 Å². The standard InChI is InChI=1S/C15H20N4O2/c1-9-7-12(9)13-5-3-11(21-13)4-6-14(20)18-10(2)15-16-8-17-19-15/h3,5,8-10,12H,4,6-7H2,1-2H3,(H,18,20)(H,16,17,19). The predicted octanol–water partition coefficient (Wildman–Crippen LogP) is 2.33. The van der Waals surface area contributed by atoms with Crippen LogP contribution in [0.25, 0.3) is 0 Å². The number of H-pyrrole nitrogens is 1. The summed E-state index contributed by atoms with van der Waals surface area (Å²) in [6, 6.07) is 3.85. The van der Waals surface area contributed by atoms with E-state index in [1.54, 1.807) is 0 Å². The van der Waals surface area contributed by atoms with Crippen LogP contribution in [0.3, 0.4) is 0 Å². The van der Waals surface area contributed by atoms with Crippen LogP contribution in [0.4, 0.5) is 0 Å². The Balaban J connectivity index is 1.46. The lowest BCUT2D eigenvalue weighted by Gasteiger charge is -2.10. The number of aromatic amines is 1. The number of aromatic nitrogens is 3. The van der Waals surface area contributed by atoms with Crippen LogP contribution >= 0.6 is 0 Å². The molecule has 1 aliphatic rings. The monoisotopic (exact) mass is 288 g/mol. The summed E-state index contributed by atoms with van der Waals surface area (Å²) in [6.45, 7) is 4.10. The van der Waals surface area contributed by atoms with Crippen LogP contribution in [0.15, 0.2) is 22.9 Å². The van der Waals surface area contributed by atoms with E-state index in [1.165, 1.54) is 12.7 Å². The molecule has 1 amide bonds. The Kier molecular flexibility index (Phi) is 3.77. The molecule has 6 heteroatoms. The van der Waals surface area contributed by atoms with Crippen molar-refractivity contribution in [2.45, 2.75) is 45.1 Å². The van der Waals surface area contributed by atoms with E-state index in [9.17, 15) is 4.79 Å². The van der Waals surface area contributed by atoms with Gasteiger partial charge in [0.1, 0.15) is 23.7 Å². The Hall–Kier alpha value is -2.11. The molecule has 2 aromatic heterocycles. The number of carbonyl (C=O) groups is 1. The van der Waals surface area contributed by atoms with Gasteiger partial charge in [0.05, 0.1) is 6.04 Å². The van der Waals surface area contributed by atoms with Gasteiger partial charge in [-0.1, -0.05) is 6.92 Å². The Morgan fingerprint density at radius 3 is 3.05 bits per heavy atom. The highest BCUT2D eigenvalue weighted by atomic mass is 16.3. The van der Waals surface area contributed by atoms with Crippen LogP contribution in [-0.2, 0) is 11.2 Å². The van der Waals surface area contributed by atoms with Crippen LogP contribution in [0.5, 0.6) is 0 Å². The normalized spacial score (nSPS) is 22.0. The number of hydrogen-bond acceptors (Lipinski definition) is 4. The van der Waals surface area contributed by atoms with Gasteiger partial charge in [-0.25, -0.2) is 4.98 Å². The van der Waals surface area contributed by atoms with E-state index in [4.69, 9.17) is 4.42 Å². The first-order valence-electron chi connectivity index (χ1n) is 7.36. The van der Waals surface area contributed by atoms with Crippen LogP contribution < -0.4 is 5.32 Å². The molecule has 21 heavy (non-hydrogen) atoms. The SMILES string of the molecule is CC(NC(=O)CCc1ccc(C2CC2C)o1)c1ncn[nH]1. The number of furan rings is 1. The molecule has 0 aromatic carbocycles. The first-order valence-corrected chi connectivity index (χ1v) is 7.36. The zero-order valence-corrected chi connectivity index (χ0v) is 12.3. The van der Waals surface area contributed by atoms with Crippen LogP contribution in [0, 0.1) is 5.92 Å². The van der Waals surface area contributed by atoms with Gasteiger partial charge in [-0.15, -0.1) is 0 Å². The molecule has 112 valence electrons. The van der Waals surface area contributed by atoms with Gasteiger partial charge in [-0.05, 0) is 31.4 Å². The molecule has 1 aliphatic carbocycles. The summed E-state index contributed by atoms with van der Waals surface area (Å²) >= 11 is 0. The third-order valence-electron chi connectivity index (χ3n) is 3.98. The summed E-state index contributed by atoms with van der Waals surface area (Å²) in [4.78, 5) is 15.9. The van der Waals surface area contributed by atoms with Gasteiger partial charge in [0.2, 0.25) is 5.91 Å². The van der Waals surface area contributed by atoms with Crippen molar-refractivity contribution in [3.63, 3.8) is 0 Å².